The van der Waals surface area contributed by atoms with E-state index in [2.05, 4.69) is 31.9 Å². The summed E-state index contributed by atoms with van der Waals surface area (Å²) in [7, 11) is 0. The summed E-state index contributed by atoms with van der Waals surface area (Å²) in [6, 6.07) is 5.47. The summed E-state index contributed by atoms with van der Waals surface area (Å²) in [5.74, 6) is 0. The average Bonchev–Trinajstić information content (AvgIpc) is 2.68. The zero-order chi connectivity index (χ0) is 15.1. The van der Waals surface area contributed by atoms with Crippen LogP contribution >= 0.6 is 43.2 Å². The summed E-state index contributed by atoms with van der Waals surface area (Å²) >= 11 is 7.55. The molecule has 2 aromatic rings. The molecule has 1 aromatic carbocycles. The number of halogens is 5. The predicted molar refractivity (Wildman–Crippen MR) is 80.0 cm³/mol. The molecule has 0 aliphatic carbocycles. The van der Waals surface area contributed by atoms with Crippen molar-refractivity contribution >= 4 is 43.2 Å². The highest BCUT2D eigenvalue weighted by molar-refractivity contribution is 9.10. The van der Waals surface area contributed by atoms with Gasteiger partial charge in [-0.3, -0.25) is 0 Å². The van der Waals surface area contributed by atoms with Gasteiger partial charge in [-0.1, -0.05) is 22.0 Å². The maximum atomic E-state index is 12.8. The van der Waals surface area contributed by atoms with E-state index in [0.29, 0.717) is 4.88 Å². The van der Waals surface area contributed by atoms with Gasteiger partial charge in [0.05, 0.1) is 5.56 Å². The van der Waals surface area contributed by atoms with Gasteiger partial charge < -0.3 is 5.11 Å². The highest BCUT2D eigenvalue weighted by Gasteiger charge is 2.33. The van der Waals surface area contributed by atoms with Crippen LogP contribution in [-0.2, 0) is 6.18 Å². The minimum Gasteiger partial charge on any atom is -0.383 e. The lowest BCUT2D eigenvalue weighted by Gasteiger charge is -2.14. The van der Waals surface area contributed by atoms with E-state index in [-0.39, 0.29) is 10.0 Å². The monoisotopic (exact) mass is 428 g/mol. The van der Waals surface area contributed by atoms with Crippen LogP contribution in [0.15, 0.2) is 33.2 Å². The fourth-order valence-corrected chi connectivity index (χ4v) is 3.76. The first-order valence-electron chi connectivity index (χ1n) is 5.50. The van der Waals surface area contributed by atoms with E-state index in [0.717, 1.165) is 15.4 Å². The number of aliphatic hydroxyl groups excluding tert-OH is 1. The number of hydrogen-bond donors (Lipinski definition) is 1. The Bertz CT molecular complexity index is 618. The first-order chi connectivity index (χ1) is 9.20. The Morgan fingerprint density at radius 2 is 1.80 bits per heavy atom. The Morgan fingerprint density at radius 3 is 2.30 bits per heavy atom. The molecule has 1 unspecified atom stereocenters. The Morgan fingerprint density at radius 1 is 1.15 bits per heavy atom. The van der Waals surface area contributed by atoms with Crippen molar-refractivity contribution in [2.75, 3.05) is 0 Å². The Hall–Kier alpha value is -0.370. The lowest BCUT2D eigenvalue weighted by atomic mass is 10.0. The third-order valence-corrected chi connectivity index (χ3v) is 5.64. The molecule has 0 spiro atoms. The number of rotatable bonds is 2. The molecule has 7 heteroatoms. The Balaban J connectivity index is 2.43. The van der Waals surface area contributed by atoms with Crippen LogP contribution in [-0.4, -0.2) is 5.11 Å². The largest absolute Gasteiger partial charge is 0.417 e. The molecule has 108 valence electrons. The number of benzene rings is 1. The summed E-state index contributed by atoms with van der Waals surface area (Å²) < 4.78 is 39.3. The molecule has 1 aromatic heterocycles. The SMILES string of the molecule is Cc1sc(C(O)c2ccc(Br)c(C(F)(F)F)c2)cc1Br. The molecule has 0 aliphatic rings. The molecule has 1 nitrogen and oxygen atoms in total. The van der Waals surface area contributed by atoms with Crippen LogP contribution in [0, 0.1) is 6.92 Å². The van der Waals surface area contributed by atoms with Crippen LogP contribution in [0.5, 0.6) is 0 Å². The molecular weight excluding hydrogens is 421 g/mol. The lowest BCUT2D eigenvalue weighted by Crippen LogP contribution is -2.08. The third-order valence-electron chi connectivity index (χ3n) is 2.76. The van der Waals surface area contributed by atoms with Gasteiger partial charge in [0.15, 0.2) is 0 Å². The summed E-state index contributed by atoms with van der Waals surface area (Å²) in [6.45, 7) is 1.87. The van der Waals surface area contributed by atoms with E-state index >= 15 is 0 Å². The normalized spacial score (nSPS) is 13.6. The second-order valence-electron chi connectivity index (χ2n) is 4.19. The second kappa shape index (κ2) is 5.79. The summed E-state index contributed by atoms with van der Waals surface area (Å²) in [6.07, 6.45) is -5.53. The highest BCUT2D eigenvalue weighted by atomic mass is 79.9. The van der Waals surface area contributed by atoms with Gasteiger partial charge >= 0.3 is 6.18 Å². The number of thiophene rings is 1. The third kappa shape index (κ3) is 3.27. The predicted octanol–water partition coefficient (Wildman–Crippen LogP) is 5.68. The minimum atomic E-state index is -4.46. The van der Waals surface area contributed by atoms with Crippen molar-refractivity contribution in [3.05, 3.63) is 54.1 Å². The maximum Gasteiger partial charge on any atom is 0.417 e. The van der Waals surface area contributed by atoms with E-state index in [4.69, 9.17) is 0 Å². The van der Waals surface area contributed by atoms with E-state index in [9.17, 15) is 18.3 Å². The molecule has 0 radical (unpaired) electrons. The van der Waals surface area contributed by atoms with Crippen LogP contribution < -0.4 is 0 Å². The van der Waals surface area contributed by atoms with E-state index in [1.807, 2.05) is 6.92 Å². The minimum absolute atomic E-state index is 0.0375. The van der Waals surface area contributed by atoms with Crippen molar-refractivity contribution in [3.63, 3.8) is 0 Å². The van der Waals surface area contributed by atoms with Crippen LogP contribution in [0.3, 0.4) is 0 Å². The summed E-state index contributed by atoms with van der Waals surface area (Å²) in [4.78, 5) is 1.57. The Labute approximate surface area is 134 Å². The zero-order valence-electron chi connectivity index (χ0n) is 10.1. The van der Waals surface area contributed by atoms with Crippen LogP contribution in [0.25, 0.3) is 0 Å². The molecule has 0 aliphatic heterocycles. The quantitative estimate of drug-likeness (QED) is 0.650. The van der Waals surface area contributed by atoms with Gasteiger partial charge in [0.1, 0.15) is 6.10 Å². The molecule has 1 atom stereocenters. The van der Waals surface area contributed by atoms with Crippen LogP contribution in [0.2, 0.25) is 0 Å². The molecular formula is C13H9Br2F3OS. The standard InChI is InChI=1S/C13H9Br2F3OS/c1-6-10(15)5-11(20-6)12(19)7-2-3-9(14)8(4-7)13(16,17)18/h2-5,12,19H,1H3. The number of aliphatic hydroxyl groups is 1. The average molecular weight is 430 g/mol. The van der Waals surface area contributed by atoms with Gasteiger partial charge in [0.2, 0.25) is 0 Å². The van der Waals surface area contributed by atoms with E-state index in [1.54, 1.807) is 6.07 Å². The van der Waals surface area contributed by atoms with Gasteiger partial charge in [-0.25, -0.2) is 0 Å². The first-order valence-corrected chi connectivity index (χ1v) is 7.91. The number of alkyl halides is 3. The molecule has 0 saturated carbocycles. The van der Waals surface area contributed by atoms with Crippen LogP contribution in [0.1, 0.15) is 27.0 Å². The maximum absolute atomic E-state index is 12.8. The van der Waals surface area contributed by atoms with Gasteiger partial charge in [0, 0.05) is 18.7 Å². The summed E-state index contributed by atoms with van der Waals surface area (Å²) in [5, 5.41) is 10.2. The van der Waals surface area contributed by atoms with Crippen molar-refractivity contribution in [1.29, 1.82) is 0 Å². The van der Waals surface area contributed by atoms with Gasteiger partial charge in [-0.05, 0) is 46.6 Å². The molecule has 0 bridgehead atoms. The molecule has 0 fully saturated rings. The van der Waals surface area contributed by atoms with E-state index < -0.39 is 17.8 Å². The van der Waals surface area contributed by atoms with Crippen LogP contribution in [0.4, 0.5) is 13.2 Å². The van der Waals surface area contributed by atoms with Gasteiger partial charge in [0.25, 0.3) is 0 Å². The zero-order valence-corrected chi connectivity index (χ0v) is 14.1. The van der Waals surface area contributed by atoms with Gasteiger partial charge in [-0.15, -0.1) is 11.3 Å². The fourth-order valence-electron chi connectivity index (χ4n) is 1.71. The molecule has 1 heterocycles. The smallest absolute Gasteiger partial charge is 0.383 e. The number of hydrogen-bond acceptors (Lipinski definition) is 2. The van der Waals surface area contributed by atoms with Crippen molar-refractivity contribution in [3.8, 4) is 0 Å². The fraction of sp³-hybridized carbons (Fsp3) is 0.231. The van der Waals surface area contributed by atoms with Crippen molar-refractivity contribution in [1.82, 2.24) is 0 Å². The first kappa shape index (κ1) is 16.0. The van der Waals surface area contributed by atoms with Crippen molar-refractivity contribution in [2.24, 2.45) is 0 Å². The number of aryl methyl sites for hydroxylation is 1. The lowest BCUT2D eigenvalue weighted by molar-refractivity contribution is -0.138. The topological polar surface area (TPSA) is 20.2 Å². The molecule has 0 amide bonds. The summed E-state index contributed by atoms with van der Waals surface area (Å²) in [5.41, 5.74) is -0.573. The molecule has 20 heavy (non-hydrogen) atoms. The van der Waals surface area contributed by atoms with Crippen molar-refractivity contribution in [2.45, 2.75) is 19.2 Å². The van der Waals surface area contributed by atoms with Gasteiger partial charge in [-0.2, -0.15) is 13.2 Å². The molecule has 0 saturated heterocycles. The molecule has 2 rings (SSSR count). The van der Waals surface area contributed by atoms with E-state index in [1.165, 1.54) is 23.5 Å². The van der Waals surface area contributed by atoms with Crippen molar-refractivity contribution < 1.29 is 18.3 Å². The highest BCUT2D eigenvalue weighted by Crippen LogP contribution is 2.39. The molecule has 1 N–H and O–H groups in total. The second-order valence-corrected chi connectivity index (χ2v) is 7.19. The Kier molecular flexibility index (Phi) is 4.63.